The van der Waals surface area contributed by atoms with Crippen molar-refractivity contribution in [3.63, 3.8) is 0 Å². The fourth-order valence-corrected chi connectivity index (χ4v) is 2.87. The third kappa shape index (κ3) is 3.40. The normalized spacial score (nSPS) is 11.3. The summed E-state index contributed by atoms with van der Waals surface area (Å²) in [7, 11) is 1.65. The van der Waals surface area contributed by atoms with Crippen LogP contribution in [0.2, 0.25) is 0 Å². The van der Waals surface area contributed by atoms with Crippen molar-refractivity contribution in [3.8, 4) is 23.0 Å². The molecule has 3 aromatic carbocycles. The van der Waals surface area contributed by atoms with E-state index in [0.29, 0.717) is 11.4 Å². The van der Waals surface area contributed by atoms with E-state index in [1.54, 1.807) is 13.2 Å². The van der Waals surface area contributed by atoms with Gasteiger partial charge in [0.1, 0.15) is 11.5 Å². The Balaban J connectivity index is 1.66. The molecule has 1 aromatic heterocycles. The van der Waals surface area contributed by atoms with Crippen LogP contribution in [0, 0.1) is 6.92 Å². The maximum Gasteiger partial charge on any atom is 0.311 e. The van der Waals surface area contributed by atoms with Gasteiger partial charge in [-0.15, -0.1) is 5.11 Å². The van der Waals surface area contributed by atoms with Crippen LogP contribution in [-0.4, -0.2) is 12.2 Å². The topological polar surface area (TPSA) is 67.3 Å². The van der Waals surface area contributed by atoms with Gasteiger partial charge in [-0.05, 0) is 47.5 Å². The molecule has 4 rings (SSSR count). The lowest BCUT2D eigenvalue weighted by Crippen LogP contribution is -1.82. The van der Waals surface area contributed by atoms with E-state index in [1.807, 2.05) is 67.6 Å². The number of ether oxygens (including phenoxy) is 1. The van der Waals surface area contributed by atoms with Crippen molar-refractivity contribution in [2.45, 2.75) is 6.92 Å². The van der Waals surface area contributed by atoms with Crippen molar-refractivity contribution in [2.75, 3.05) is 7.11 Å². The van der Waals surface area contributed by atoms with E-state index in [2.05, 4.69) is 10.2 Å². The van der Waals surface area contributed by atoms with Gasteiger partial charge in [0.05, 0.1) is 12.8 Å². The number of aryl methyl sites for hydroxylation is 1. The molecule has 0 aliphatic rings. The maximum atomic E-state index is 10.1. The average molecular weight is 358 g/mol. The minimum Gasteiger partial charge on any atom is -0.497 e. The molecule has 0 saturated heterocycles. The minimum absolute atomic E-state index is 0.253. The number of hydrogen-bond acceptors (Lipinski definition) is 5. The molecular weight excluding hydrogens is 340 g/mol. The molecule has 0 amide bonds. The number of hydrogen-bond donors (Lipinski definition) is 1. The SMILES string of the molecule is COc1ccc2cc(-c3cc(N=Nc4ccccc4C)c(O)o3)ccc2c1. The molecule has 134 valence electrons. The first-order valence-electron chi connectivity index (χ1n) is 8.52. The fraction of sp³-hybridized carbons (Fsp3) is 0.0909. The van der Waals surface area contributed by atoms with E-state index < -0.39 is 0 Å². The Morgan fingerprint density at radius 1 is 0.852 bits per heavy atom. The third-order valence-corrected chi connectivity index (χ3v) is 4.41. The lowest BCUT2D eigenvalue weighted by Gasteiger charge is -2.04. The van der Waals surface area contributed by atoms with Gasteiger partial charge in [-0.1, -0.05) is 36.4 Å². The van der Waals surface area contributed by atoms with Crippen molar-refractivity contribution in [2.24, 2.45) is 10.2 Å². The van der Waals surface area contributed by atoms with Crippen molar-refractivity contribution in [1.82, 2.24) is 0 Å². The molecule has 5 nitrogen and oxygen atoms in total. The molecular formula is C22H18N2O3. The van der Waals surface area contributed by atoms with Crippen LogP contribution < -0.4 is 4.74 Å². The van der Waals surface area contributed by atoms with Crippen LogP contribution in [0.15, 0.2) is 81.4 Å². The Labute approximate surface area is 156 Å². The van der Waals surface area contributed by atoms with Gasteiger partial charge < -0.3 is 14.3 Å². The zero-order valence-corrected chi connectivity index (χ0v) is 15.0. The smallest absolute Gasteiger partial charge is 0.311 e. The Bertz CT molecular complexity index is 1150. The third-order valence-electron chi connectivity index (χ3n) is 4.41. The summed E-state index contributed by atoms with van der Waals surface area (Å²) < 4.78 is 10.7. The van der Waals surface area contributed by atoms with E-state index >= 15 is 0 Å². The first-order valence-corrected chi connectivity index (χ1v) is 8.52. The summed E-state index contributed by atoms with van der Waals surface area (Å²) in [4.78, 5) is 0. The van der Waals surface area contributed by atoms with E-state index in [9.17, 15) is 5.11 Å². The number of methoxy groups -OCH3 is 1. The number of azo groups is 1. The number of rotatable bonds is 4. The van der Waals surface area contributed by atoms with E-state index in [1.165, 1.54) is 0 Å². The number of aromatic hydroxyl groups is 1. The van der Waals surface area contributed by atoms with Crippen molar-refractivity contribution < 1.29 is 14.3 Å². The number of nitrogens with zero attached hydrogens (tertiary/aromatic N) is 2. The summed E-state index contributed by atoms with van der Waals surface area (Å²) in [6, 6.07) is 21.1. The average Bonchev–Trinajstić information content (AvgIpc) is 3.07. The predicted molar refractivity (Wildman–Crippen MR) is 105 cm³/mol. The Kier molecular flexibility index (Phi) is 4.34. The summed E-state index contributed by atoms with van der Waals surface area (Å²) in [5.74, 6) is 1.09. The molecule has 27 heavy (non-hydrogen) atoms. The Morgan fingerprint density at radius 2 is 1.59 bits per heavy atom. The molecule has 0 aliphatic heterocycles. The first-order chi connectivity index (χ1) is 13.1. The lowest BCUT2D eigenvalue weighted by molar-refractivity contribution is 0.339. The molecule has 5 heteroatoms. The second-order valence-corrected chi connectivity index (χ2v) is 6.22. The minimum atomic E-state index is -0.253. The standard InChI is InChI=1S/C22H18N2O3/c1-14-5-3-4-6-19(14)23-24-20-13-21(27-22(20)25)17-8-7-16-12-18(26-2)10-9-15(16)11-17/h3-13,25H,1-2H3. The molecule has 0 saturated carbocycles. The first kappa shape index (κ1) is 16.8. The highest BCUT2D eigenvalue weighted by Crippen LogP contribution is 2.38. The second-order valence-electron chi connectivity index (χ2n) is 6.22. The summed E-state index contributed by atoms with van der Waals surface area (Å²) in [5, 5.41) is 20.5. The molecule has 0 atom stereocenters. The van der Waals surface area contributed by atoms with Crippen LogP contribution in [0.25, 0.3) is 22.1 Å². The van der Waals surface area contributed by atoms with Crippen LogP contribution in [0.1, 0.15) is 5.56 Å². The molecule has 0 fully saturated rings. The van der Waals surface area contributed by atoms with E-state index in [0.717, 1.165) is 33.3 Å². The van der Waals surface area contributed by atoms with Crippen molar-refractivity contribution in [1.29, 1.82) is 0 Å². The monoisotopic (exact) mass is 358 g/mol. The summed E-state index contributed by atoms with van der Waals surface area (Å²) >= 11 is 0. The quantitative estimate of drug-likeness (QED) is 0.421. The Morgan fingerprint density at radius 3 is 2.41 bits per heavy atom. The maximum absolute atomic E-state index is 10.1. The highest BCUT2D eigenvalue weighted by molar-refractivity contribution is 5.88. The van der Waals surface area contributed by atoms with Crippen LogP contribution in [-0.2, 0) is 0 Å². The molecule has 0 radical (unpaired) electrons. The van der Waals surface area contributed by atoms with E-state index in [-0.39, 0.29) is 5.95 Å². The van der Waals surface area contributed by atoms with Crippen LogP contribution in [0.4, 0.5) is 11.4 Å². The molecule has 0 unspecified atom stereocenters. The molecule has 1 N–H and O–H groups in total. The van der Waals surface area contributed by atoms with Gasteiger partial charge in [-0.2, -0.15) is 5.11 Å². The Hall–Kier alpha value is -3.60. The molecule has 0 bridgehead atoms. The van der Waals surface area contributed by atoms with Gasteiger partial charge in [0.2, 0.25) is 0 Å². The zero-order chi connectivity index (χ0) is 18.8. The highest BCUT2D eigenvalue weighted by atomic mass is 16.5. The van der Waals surface area contributed by atoms with Crippen LogP contribution >= 0.6 is 0 Å². The van der Waals surface area contributed by atoms with Gasteiger partial charge in [0, 0.05) is 11.6 Å². The zero-order valence-electron chi connectivity index (χ0n) is 15.0. The van der Waals surface area contributed by atoms with Gasteiger partial charge in [-0.3, -0.25) is 0 Å². The number of furan rings is 1. The number of benzene rings is 3. The summed E-state index contributed by atoms with van der Waals surface area (Å²) in [6.45, 7) is 1.96. The molecule has 0 spiro atoms. The lowest BCUT2D eigenvalue weighted by atomic mass is 10.1. The largest absolute Gasteiger partial charge is 0.497 e. The summed E-state index contributed by atoms with van der Waals surface area (Å²) in [6.07, 6.45) is 0. The van der Waals surface area contributed by atoms with Crippen molar-refractivity contribution >= 4 is 22.1 Å². The van der Waals surface area contributed by atoms with Gasteiger partial charge >= 0.3 is 5.95 Å². The van der Waals surface area contributed by atoms with Gasteiger partial charge in [0.15, 0.2) is 5.69 Å². The van der Waals surface area contributed by atoms with Gasteiger partial charge in [0.25, 0.3) is 0 Å². The highest BCUT2D eigenvalue weighted by Gasteiger charge is 2.12. The molecule has 1 heterocycles. The van der Waals surface area contributed by atoms with Crippen molar-refractivity contribution in [3.05, 3.63) is 72.3 Å². The second kappa shape index (κ2) is 6.96. The summed E-state index contributed by atoms with van der Waals surface area (Å²) in [5.41, 5.74) is 2.90. The molecule has 4 aromatic rings. The van der Waals surface area contributed by atoms with Crippen LogP contribution in [0.5, 0.6) is 11.7 Å². The fourth-order valence-electron chi connectivity index (χ4n) is 2.87. The van der Waals surface area contributed by atoms with Gasteiger partial charge in [-0.25, -0.2) is 0 Å². The number of fused-ring (bicyclic) bond motifs is 1. The predicted octanol–water partition coefficient (Wildman–Crippen LogP) is 6.54. The van der Waals surface area contributed by atoms with Crippen LogP contribution in [0.3, 0.4) is 0 Å². The van der Waals surface area contributed by atoms with E-state index in [4.69, 9.17) is 9.15 Å². The molecule has 0 aliphatic carbocycles.